The summed E-state index contributed by atoms with van der Waals surface area (Å²) in [4.78, 5) is 27.2. The van der Waals surface area contributed by atoms with Gasteiger partial charge in [0.25, 0.3) is 5.91 Å². The molecular weight excluding hydrogens is 372 g/mol. The molecule has 152 valence electrons. The summed E-state index contributed by atoms with van der Waals surface area (Å²) < 4.78 is 16.1. The van der Waals surface area contributed by atoms with Crippen molar-refractivity contribution in [2.75, 3.05) is 32.3 Å². The van der Waals surface area contributed by atoms with Crippen LogP contribution in [-0.2, 0) is 4.79 Å². The molecule has 1 unspecified atom stereocenters. The molecule has 0 saturated carbocycles. The minimum Gasteiger partial charge on any atom is -0.494 e. The van der Waals surface area contributed by atoms with E-state index < -0.39 is 0 Å². The van der Waals surface area contributed by atoms with E-state index in [1.54, 1.807) is 19.2 Å². The van der Waals surface area contributed by atoms with Crippen LogP contribution in [0.4, 0.5) is 5.69 Å². The van der Waals surface area contributed by atoms with E-state index in [1.807, 2.05) is 35.2 Å². The van der Waals surface area contributed by atoms with Gasteiger partial charge in [-0.25, -0.2) is 0 Å². The van der Waals surface area contributed by atoms with Crippen molar-refractivity contribution in [1.29, 1.82) is 0 Å². The number of hydrogen-bond acceptors (Lipinski definition) is 5. The van der Waals surface area contributed by atoms with Gasteiger partial charge in [-0.1, -0.05) is 18.2 Å². The second-order valence-electron chi connectivity index (χ2n) is 7.28. The minimum atomic E-state index is -0.110. The third-order valence-corrected chi connectivity index (χ3v) is 5.27. The zero-order chi connectivity index (χ0) is 20.2. The Morgan fingerprint density at radius 3 is 2.69 bits per heavy atom. The summed E-state index contributed by atoms with van der Waals surface area (Å²) in [6, 6.07) is 12.7. The number of rotatable bonds is 5. The van der Waals surface area contributed by atoms with E-state index in [2.05, 4.69) is 5.32 Å². The number of benzene rings is 2. The maximum atomic E-state index is 12.7. The van der Waals surface area contributed by atoms with E-state index in [0.717, 1.165) is 19.4 Å². The molecule has 1 atom stereocenters. The monoisotopic (exact) mass is 396 g/mol. The number of amides is 2. The maximum absolute atomic E-state index is 12.7. The van der Waals surface area contributed by atoms with Crippen LogP contribution in [0.1, 0.15) is 29.6 Å². The number of hydrogen-bond donors (Lipinski definition) is 1. The SMILES string of the molecule is COc1cc2c(cc1NC(=O)CC1CCCN(C(=O)c3ccccc3)C1)OCO2. The molecule has 0 radical (unpaired) electrons. The molecule has 0 aromatic heterocycles. The van der Waals surface area contributed by atoms with Crippen LogP contribution in [0.25, 0.3) is 0 Å². The highest BCUT2D eigenvalue weighted by atomic mass is 16.7. The molecule has 2 amide bonds. The normalized spacial score (nSPS) is 17.7. The number of carbonyl (C=O) groups is 2. The summed E-state index contributed by atoms with van der Waals surface area (Å²) in [6.07, 6.45) is 2.16. The Morgan fingerprint density at radius 2 is 1.93 bits per heavy atom. The topological polar surface area (TPSA) is 77.1 Å². The summed E-state index contributed by atoms with van der Waals surface area (Å²) in [5.74, 6) is 1.73. The van der Waals surface area contributed by atoms with Crippen LogP contribution in [0.3, 0.4) is 0 Å². The van der Waals surface area contributed by atoms with Crippen LogP contribution in [0, 0.1) is 5.92 Å². The Kier molecular flexibility index (Phi) is 5.55. The molecule has 2 aromatic rings. The van der Waals surface area contributed by atoms with Crippen molar-refractivity contribution in [3.63, 3.8) is 0 Å². The molecule has 4 rings (SSSR count). The molecule has 7 nitrogen and oxygen atoms in total. The molecule has 2 aliphatic rings. The van der Waals surface area contributed by atoms with E-state index in [0.29, 0.717) is 41.5 Å². The fraction of sp³-hybridized carbons (Fsp3) is 0.364. The van der Waals surface area contributed by atoms with Gasteiger partial charge in [0.2, 0.25) is 12.7 Å². The number of ether oxygens (including phenoxy) is 3. The lowest BCUT2D eigenvalue weighted by Gasteiger charge is -2.32. The predicted octanol–water partition coefficient (Wildman–Crippen LogP) is 3.30. The standard InChI is InChI=1S/C22H24N2O5/c1-27-18-12-20-19(28-14-29-20)11-17(18)23-21(25)10-15-6-5-9-24(13-15)22(26)16-7-3-2-4-8-16/h2-4,7-8,11-12,15H,5-6,9-10,13-14H2,1H3,(H,23,25). The lowest BCUT2D eigenvalue weighted by Crippen LogP contribution is -2.40. The molecule has 1 N–H and O–H groups in total. The number of anilines is 1. The number of carbonyl (C=O) groups excluding carboxylic acids is 2. The Hall–Kier alpha value is -3.22. The smallest absolute Gasteiger partial charge is 0.253 e. The summed E-state index contributed by atoms with van der Waals surface area (Å²) in [6.45, 7) is 1.46. The number of nitrogens with zero attached hydrogens (tertiary/aromatic N) is 1. The average molecular weight is 396 g/mol. The van der Waals surface area contributed by atoms with Crippen LogP contribution in [0.5, 0.6) is 17.2 Å². The van der Waals surface area contributed by atoms with Gasteiger partial charge in [0, 0.05) is 37.2 Å². The van der Waals surface area contributed by atoms with Crippen molar-refractivity contribution in [3.8, 4) is 17.2 Å². The van der Waals surface area contributed by atoms with Crippen molar-refractivity contribution in [2.45, 2.75) is 19.3 Å². The summed E-state index contributed by atoms with van der Waals surface area (Å²) >= 11 is 0. The molecule has 1 saturated heterocycles. The van der Waals surface area contributed by atoms with Crippen molar-refractivity contribution in [2.24, 2.45) is 5.92 Å². The lowest BCUT2D eigenvalue weighted by atomic mass is 9.94. The fourth-order valence-corrected chi connectivity index (χ4v) is 3.83. The van der Waals surface area contributed by atoms with Crippen molar-refractivity contribution in [3.05, 3.63) is 48.0 Å². The van der Waals surface area contributed by atoms with Gasteiger partial charge in [0.05, 0.1) is 12.8 Å². The first-order valence-electron chi connectivity index (χ1n) is 9.76. The van der Waals surface area contributed by atoms with Crippen molar-refractivity contribution < 1.29 is 23.8 Å². The Morgan fingerprint density at radius 1 is 1.17 bits per heavy atom. The summed E-state index contributed by atoms with van der Waals surface area (Å²) in [7, 11) is 1.54. The van der Waals surface area contributed by atoms with Crippen LogP contribution >= 0.6 is 0 Å². The molecule has 2 aliphatic heterocycles. The zero-order valence-electron chi connectivity index (χ0n) is 16.3. The molecule has 0 aliphatic carbocycles. The van der Waals surface area contributed by atoms with Crippen LogP contribution < -0.4 is 19.5 Å². The van der Waals surface area contributed by atoms with Crippen molar-refractivity contribution >= 4 is 17.5 Å². The maximum Gasteiger partial charge on any atom is 0.253 e. The molecule has 2 aromatic carbocycles. The third-order valence-electron chi connectivity index (χ3n) is 5.27. The average Bonchev–Trinajstić information content (AvgIpc) is 3.20. The van der Waals surface area contributed by atoms with Crippen LogP contribution in [-0.4, -0.2) is 43.7 Å². The van der Waals surface area contributed by atoms with Crippen LogP contribution in [0.2, 0.25) is 0 Å². The van der Waals surface area contributed by atoms with Gasteiger partial charge in [-0.15, -0.1) is 0 Å². The minimum absolute atomic E-state index is 0.0214. The van der Waals surface area contributed by atoms with E-state index in [-0.39, 0.29) is 24.5 Å². The van der Waals surface area contributed by atoms with Gasteiger partial charge >= 0.3 is 0 Å². The first-order chi connectivity index (χ1) is 14.1. The van der Waals surface area contributed by atoms with E-state index in [4.69, 9.17) is 14.2 Å². The molecule has 0 bridgehead atoms. The highest BCUT2D eigenvalue weighted by Gasteiger charge is 2.26. The first-order valence-corrected chi connectivity index (χ1v) is 9.76. The fourth-order valence-electron chi connectivity index (χ4n) is 3.83. The van der Waals surface area contributed by atoms with E-state index in [9.17, 15) is 9.59 Å². The summed E-state index contributed by atoms with van der Waals surface area (Å²) in [5, 5.41) is 2.91. The van der Waals surface area contributed by atoms with Crippen molar-refractivity contribution in [1.82, 2.24) is 4.90 Å². The quantitative estimate of drug-likeness (QED) is 0.839. The zero-order valence-corrected chi connectivity index (χ0v) is 16.3. The Labute approximate surface area is 169 Å². The van der Waals surface area contributed by atoms with Gasteiger partial charge in [0.1, 0.15) is 5.75 Å². The second kappa shape index (κ2) is 8.43. The van der Waals surface area contributed by atoms with Gasteiger partial charge in [0.15, 0.2) is 11.5 Å². The molecule has 2 heterocycles. The second-order valence-corrected chi connectivity index (χ2v) is 7.28. The number of likely N-dealkylation sites (tertiary alicyclic amines) is 1. The largest absolute Gasteiger partial charge is 0.494 e. The van der Waals surface area contributed by atoms with Gasteiger partial charge in [-0.2, -0.15) is 0 Å². The van der Waals surface area contributed by atoms with Crippen LogP contribution in [0.15, 0.2) is 42.5 Å². The third kappa shape index (κ3) is 4.29. The molecule has 29 heavy (non-hydrogen) atoms. The molecule has 0 spiro atoms. The van der Waals surface area contributed by atoms with Gasteiger partial charge < -0.3 is 24.4 Å². The van der Waals surface area contributed by atoms with Gasteiger partial charge in [-0.3, -0.25) is 9.59 Å². The lowest BCUT2D eigenvalue weighted by molar-refractivity contribution is -0.117. The van der Waals surface area contributed by atoms with E-state index >= 15 is 0 Å². The molecular formula is C22H24N2O5. The first kappa shape index (κ1) is 19.1. The van der Waals surface area contributed by atoms with Gasteiger partial charge in [-0.05, 0) is 30.9 Å². The number of piperidine rings is 1. The molecule has 7 heteroatoms. The van der Waals surface area contributed by atoms with E-state index in [1.165, 1.54) is 0 Å². The highest BCUT2D eigenvalue weighted by Crippen LogP contribution is 2.40. The molecule has 1 fully saturated rings. The highest BCUT2D eigenvalue weighted by molar-refractivity contribution is 5.95. The Bertz CT molecular complexity index is 900. The predicted molar refractivity (Wildman–Crippen MR) is 107 cm³/mol. The Balaban J connectivity index is 1.38. The number of fused-ring (bicyclic) bond motifs is 1. The number of nitrogens with one attached hydrogen (secondary N) is 1. The summed E-state index contributed by atoms with van der Waals surface area (Å²) in [5.41, 5.74) is 1.23. The number of methoxy groups -OCH3 is 1.